The van der Waals surface area contributed by atoms with Crippen LogP contribution in [0.4, 0.5) is 11.4 Å². The molecule has 0 atom stereocenters. The average molecular weight is 448 g/mol. The summed E-state index contributed by atoms with van der Waals surface area (Å²) in [6, 6.07) is 19.9. The first-order valence-electron chi connectivity index (χ1n) is 9.80. The van der Waals surface area contributed by atoms with Gasteiger partial charge in [-0.2, -0.15) is 0 Å². The van der Waals surface area contributed by atoms with Crippen molar-refractivity contribution in [2.45, 2.75) is 11.8 Å². The van der Waals surface area contributed by atoms with Gasteiger partial charge >= 0.3 is 0 Å². The molecule has 0 unspecified atom stereocenters. The Labute approximate surface area is 186 Å². The van der Waals surface area contributed by atoms with E-state index in [4.69, 9.17) is 4.74 Å². The number of para-hydroxylation sites is 2. The number of amides is 1. The zero-order valence-corrected chi connectivity index (χ0v) is 18.3. The molecule has 8 heteroatoms. The van der Waals surface area contributed by atoms with Crippen LogP contribution >= 0.6 is 0 Å². The van der Waals surface area contributed by atoms with Gasteiger partial charge in [0.05, 0.1) is 28.9 Å². The fourth-order valence-electron chi connectivity index (χ4n) is 3.35. The Kier molecular flexibility index (Phi) is 5.79. The number of ether oxygens (including phenoxy) is 1. The maximum Gasteiger partial charge on any atom is 0.262 e. The van der Waals surface area contributed by atoms with Gasteiger partial charge < -0.3 is 10.1 Å². The largest absolute Gasteiger partial charge is 0.495 e. The van der Waals surface area contributed by atoms with Gasteiger partial charge in [0.2, 0.25) is 0 Å². The molecule has 0 saturated carbocycles. The number of hydrogen-bond donors (Lipinski definition) is 2. The third kappa shape index (κ3) is 4.26. The second kappa shape index (κ2) is 8.68. The van der Waals surface area contributed by atoms with Crippen LogP contribution in [0.3, 0.4) is 0 Å². The Bertz CT molecular complexity index is 1420. The molecular weight excluding hydrogens is 426 g/mol. The van der Waals surface area contributed by atoms with Crippen molar-refractivity contribution in [3.8, 4) is 5.75 Å². The molecule has 3 aromatic carbocycles. The minimum Gasteiger partial charge on any atom is -0.495 e. The van der Waals surface area contributed by atoms with Crippen LogP contribution in [0.2, 0.25) is 0 Å². The summed E-state index contributed by atoms with van der Waals surface area (Å²) in [5.74, 6) is -0.0295. The van der Waals surface area contributed by atoms with Crippen molar-refractivity contribution in [2.75, 3.05) is 17.1 Å². The van der Waals surface area contributed by atoms with Crippen LogP contribution in [-0.4, -0.2) is 26.4 Å². The number of aromatic nitrogens is 1. The summed E-state index contributed by atoms with van der Waals surface area (Å²) in [5, 5.41) is 3.67. The normalized spacial score (nSPS) is 11.2. The summed E-state index contributed by atoms with van der Waals surface area (Å²) in [5.41, 5.74) is 2.91. The standard InChI is InChI=1S/C24H21N3O4S/c1-16-12-13-20(19-9-6-14-25-23(16)19)26-24(28)17-7-5-8-18(15-17)32(29,30)27-21-10-3-4-11-22(21)31-2/h3-15,27H,1-2H3,(H,26,28). The maximum atomic E-state index is 12.9. The average Bonchev–Trinajstić information content (AvgIpc) is 2.81. The van der Waals surface area contributed by atoms with E-state index in [1.807, 2.05) is 19.1 Å². The molecule has 7 nitrogen and oxygen atoms in total. The van der Waals surface area contributed by atoms with E-state index in [-0.39, 0.29) is 10.5 Å². The SMILES string of the molecule is COc1ccccc1NS(=O)(=O)c1cccc(C(=O)Nc2ccc(C)c3ncccc23)c1. The van der Waals surface area contributed by atoms with E-state index in [1.165, 1.54) is 25.3 Å². The Hall–Kier alpha value is -3.91. The molecule has 0 spiro atoms. The molecule has 0 radical (unpaired) electrons. The lowest BCUT2D eigenvalue weighted by molar-refractivity contribution is 0.102. The molecule has 162 valence electrons. The monoisotopic (exact) mass is 447 g/mol. The number of rotatable bonds is 6. The molecule has 0 fully saturated rings. The van der Waals surface area contributed by atoms with Crippen LogP contribution < -0.4 is 14.8 Å². The highest BCUT2D eigenvalue weighted by Crippen LogP contribution is 2.27. The minimum atomic E-state index is -3.94. The molecule has 0 saturated heterocycles. The molecule has 1 amide bonds. The molecule has 0 aliphatic carbocycles. The number of pyridine rings is 1. The van der Waals surface area contributed by atoms with E-state index in [0.717, 1.165) is 16.5 Å². The lowest BCUT2D eigenvalue weighted by Crippen LogP contribution is -2.16. The van der Waals surface area contributed by atoms with Gasteiger partial charge in [-0.15, -0.1) is 0 Å². The van der Waals surface area contributed by atoms with Gasteiger partial charge in [0, 0.05) is 17.1 Å². The van der Waals surface area contributed by atoms with Crippen LogP contribution in [0, 0.1) is 6.92 Å². The van der Waals surface area contributed by atoms with Crippen molar-refractivity contribution < 1.29 is 17.9 Å². The van der Waals surface area contributed by atoms with Crippen molar-refractivity contribution in [3.05, 3.63) is 90.1 Å². The Morgan fingerprint density at radius 1 is 0.938 bits per heavy atom. The number of nitrogens with zero attached hydrogens (tertiary/aromatic N) is 1. The van der Waals surface area contributed by atoms with Crippen LogP contribution in [0.5, 0.6) is 5.75 Å². The zero-order chi connectivity index (χ0) is 22.7. The minimum absolute atomic E-state index is 0.0357. The van der Waals surface area contributed by atoms with Gasteiger partial charge in [0.25, 0.3) is 15.9 Å². The van der Waals surface area contributed by atoms with E-state index >= 15 is 0 Å². The second-order valence-electron chi connectivity index (χ2n) is 7.12. The molecule has 1 aromatic heterocycles. The van der Waals surface area contributed by atoms with E-state index in [9.17, 15) is 13.2 Å². The fourth-order valence-corrected chi connectivity index (χ4v) is 4.47. The molecule has 0 aliphatic rings. The first-order valence-corrected chi connectivity index (χ1v) is 11.3. The van der Waals surface area contributed by atoms with Crippen molar-refractivity contribution in [1.82, 2.24) is 4.98 Å². The lowest BCUT2D eigenvalue weighted by atomic mass is 10.1. The highest BCUT2D eigenvalue weighted by Gasteiger charge is 2.19. The lowest BCUT2D eigenvalue weighted by Gasteiger charge is -2.13. The number of sulfonamides is 1. The number of benzene rings is 3. The number of fused-ring (bicyclic) bond motifs is 1. The molecule has 0 bridgehead atoms. The number of carbonyl (C=O) groups excluding carboxylic acids is 1. The zero-order valence-electron chi connectivity index (χ0n) is 17.5. The van der Waals surface area contributed by atoms with Gasteiger partial charge in [0.15, 0.2) is 0 Å². The van der Waals surface area contributed by atoms with E-state index in [2.05, 4.69) is 15.0 Å². The van der Waals surface area contributed by atoms with Gasteiger partial charge in [-0.25, -0.2) is 8.42 Å². The van der Waals surface area contributed by atoms with Gasteiger partial charge in [-0.05, 0) is 61.0 Å². The Morgan fingerprint density at radius 3 is 2.56 bits per heavy atom. The summed E-state index contributed by atoms with van der Waals surface area (Å²) in [7, 11) is -2.47. The molecule has 0 aliphatic heterocycles. The molecule has 2 N–H and O–H groups in total. The summed E-state index contributed by atoms with van der Waals surface area (Å²) in [6.07, 6.45) is 1.70. The number of carbonyl (C=O) groups is 1. The van der Waals surface area contributed by atoms with Crippen LogP contribution in [0.1, 0.15) is 15.9 Å². The third-order valence-electron chi connectivity index (χ3n) is 4.98. The second-order valence-corrected chi connectivity index (χ2v) is 8.80. The van der Waals surface area contributed by atoms with Crippen LogP contribution in [-0.2, 0) is 10.0 Å². The number of aryl methyl sites for hydroxylation is 1. The summed E-state index contributed by atoms with van der Waals surface area (Å²) in [4.78, 5) is 17.3. The number of hydrogen-bond acceptors (Lipinski definition) is 5. The first-order chi connectivity index (χ1) is 15.4. The first kappa shape index (κ1) is 21.3. The number of nitrogens with one attached hydrogen (secondary N) is 2. The van der Waals surface area contributed by atoms with Crippen LogP contribution in [0.25, 0.3) is 10.9 Å². The Balaban J connectivity index is 1.62. The van der Waals surface area contributed by atoms with Gasteiger partial charge in [-0.1, -0.05) is 24.3 Å². The molecule has 32 heavy (non-hydrogen) atoms. The van der Waals surface area contributed by atoms with Crippen LogP contribution in [0.15, 0.2) is 83.9 Å². The topological polar surface area (TPSA) is 97.4 Å². The molecule has 4 aromatic rings. The molecule has 1 heterocycles. The van der Waals surface area contributed by atoms with E-state index < -0.39 is 15.9 Å². The summed E-state index contributed by atoms with van der Waals surface area (Å²) < 4.78 is 33.5. The van der Waals surface area contributed by atoms with Gasteiger partial charge in [-0.3, -0.25) is 14.5 Å². The van der Waals surface area contributed by atoms with Crippen molar-refractivity contribution in [1.29, 1.82) is 0 Å². The maximum absolute atomic E-state index is 12.9. The van der Waals surface area contributed by atoms with Crippen molar-refractivity contribution in [2.24, 2.45) is 0 Å². The van der Waals surface area contributed by atoms with E-state index in [1.54, 1.807) is 48.7 Å². The highest BCUT2D eigenvalue weighted by molar-refractivity contribution is 7.92. The van der Waals surface area contributed by atoms with Gasteiger partial charge in [0.1, 0.15) is 5.75 Å². The quantitative estimate of drug-likeness (QED) is 0.450. The predicted octanol–water partition coefficient (Wildman–Crippen LogP) is 4.60. The van der Waals surface area contributed by atoms with Crippen molar-refractivity contribution >= 4 is 38.2 Å². The predicted molar refractivity (Wildman–Crippen MR) is 125 cm³/mol. The number of anilines is 2. The third-order valence-corrected chi connectivity index (χ3v) is 6.34. The molecular formula is C24H21N3O4S. The fraction of sp³-hybridized carbons (Fsp3) is 0.0833. The highest BCUT2D eigenvalue weighted by atomic mass is 32.2. The number of methoxy groups -OCH3 is 1. The molecule has 4 rings (SSSR count). The summed E-state index contributed by atoms with van der Waals surface area (Å²) in [6.45, 7) is 1.95. The smallest absolute Gasteiger partial charge is 0.262 e. The van der Waals surface area contributed by atoms with E-state index in [0.29, 0.717) is 17.1 Å². The Morgan fingerprint density at radius 2 is 1.75 bits per heavy atom. The van der Waals surface area contributed by atoms with Crippen molar-refractivity contribution in [3.63, 3.8) is 0 Å². The summed E-state index contributed by atoms with van der Waals surface area (Å²) >= 11 is 0.